The zero-order valence-electron chi connectivity index (χ0n) is 5.78. The quantitative estimate of drug-likeness (QED) is 0.315. The Hall–Kier alpha value is -1.12. The van der Waals surface area contributed by atoms with E-state index >= 15 is 0 Å². The summed E-state index contributed by atoms with van der Waals surface area (Å²) in [6.07, 6.45) is 4.84. The highest BCUT2D eigenvalue weighted by Crippen LogP contribution is 1.74. The van der Waals surface area contributed by atoms with Gasteiger partial charge in [0.15, 0.2) is 0 Å². The third kappa shape index (κ3) is 4.74. The van der Waals surface area contributed by atoms with Gasteiger partial charge >= 0.3 is 0 Å². The van der Waals surface area contributed by atoms with Gasteiger partial charge in [0.25, 0.3) is 0 Å². The largest absolute Gasteiger partial charge is 0.341 e. The molecule has 0 amide bonds. The Balaban J connectivity index is 3.55. The van der Waals surface area contributed by atoms with Gasteiger partial charge in [-0.3, -0.25) is 0 Å². The number of rotatable bonds is 3. The van der Waals surface area contributed by atoms with E-state index in [4.69, 9.17) is 0 Å². The first-order chi connectivity index (χ1) is 4.31. The normalized spacial score (nSPS) is 10.9. The van der Waals surface area contributed by atoms with E-state index < -0.39 is 0 Å². The fourth-order valence-electron chi connectivity index (χ4n) is 0.225. The van der Waals surface area contributed by atoms with Gasteiger partial charge in [-0.15, -0.1) is 5.10 Å². The van der Waals surface area contributed by atoms with Crippen molar-refractivity contribution in [2.24, 2.45) is 10.2 Å². The van der Waals surface area contributed by atoms with E-state index in [1.807, 2.05) is 14.0 Å². The van der Waals surface area contributed by atoms with Crippen LogP contribution in [0, 0.1) is 0 Å². The topological polar surface area (TPSA) is 28.0 Å². The SMILES string of the molecule is C=CN(C)/C=N\N=C\C. The molecular formula is C6H11N3. The molecule has 0 spiro atoms. The Kier molecular flexibility index (Phi) is 4.40. The number of hydrogen-bond donors (Lipinski definition) is 0. The van der Waals surface area contributed by atoms with Gasteiger partial charge in [-0.2, -0.15) is 5.10 Å². The minimum absolute atomic E-state index is 1.58. The van der Waals surface area contributed by atoms with Gasteiger partial charge in [0.05, 0.1) is 0 Å². The lowest BCUT2D eigenvalue weighted by Gasteiger charge is -2.00. The van der Waals surface area contributed by atoms with Crippen LogP contribution in [0.4, 0.5) is 0 Å². The lowest BCUT2D eigenvalue weighted by atomic mass is 10.8. The zero-order valence-corrected chi connectivity index (χ0v) is 5.78. The molecule has 0 atom stereocenters. The number of hydrogen-bond acceptors (Lipinski definition) is 2. The molecule has 0 aliphatic rings. The molecule has 0 saturated heterocycles. The van der Waals surface area contributed by atoms with E-state index in [9.17, 15) is 0 Å². The Morgan fingerprint density at radius 3 is 2.56 bits per heavy atom. The molecule has 0 aromatic carbocycles. The van der Waals surface area contributed by atoms with Crippen LogP contribution in [0.2, 0.25) is 0 Å². The number of nitrogens with zero attached hydrogens (tertiary/aromatic N) is 3. The summed E-state index contributed by atoms with van der Waals surface area (Å²) in [7, 11) is 1.84. The predicted octanol–water partition coefficient (Wildman–Crippen LogP) is 1.10. The lowest BCUT2D eigenvalue weighted by molar-refractivity contribution is 0.709. The van der Waals surface area contributed by atoms with Gasteiger partial charge in [-0.05, 0) is 13.1 Å². The summed E-state index contributed by atoms with van der Waals surface area (Å²) in [5.41, 5.74) is 0. The average molecular weight is 125 g/mol. The molecule has 0 fully saturated rings. The van der Waals surface area contributed by atoms with E-state index in [1.54, 1.807) is 23.7 Å². The minimum Gasteiger partial charge on any atom is -0.341 e. The zero-order chi connectivity index (χ0) is 7.11. The van der Waals surface area contributed by atoms with Crippen LogP contribution in [0.5, 0.6) is 0 Å². The van der Waals surface area contributed by atoms with Crippen molar-refractivity contribution in [1.29, 1.82) is 0 Å². The summed E-state index contributed by atoms with van der Waals surface area (Å²) in [5.74, 6) is 0. The molecule has 0 heterocycles. The molecular weight excluding hydrogens is 114 g/mol. The van der Waals surface area contributed by atoms with Gasteiger partial charge < -0.3 is 4.90 Å². The third-order valence-electron chi connectivity index (χ3n) is 0.704. The van der Waals surface area contributed by atoms with E-state index in [-0.39, 0.29) is 0 Å². The molecule has 0 bridgehead atoms. The maximum absolute atomic E-state index is 3.66. The second kappa shape index (κ2) is 5.03. The molecule has 0 aliphatic carbocycles. The summed E-state index contributed by atoms with van der Waals surface area (Å²) >= 11 is 0. The molecule has 9 heavy (non-hydrogen) atoms. The molecule has 0 unspecified atom stereocenters. The Morgan fingerprint density at radius 2 is 2.11 bits per heavy atom. The molecule has 0 aliphatic heterocycles. The molecule has 0 aromatic heterocycles. The fraction of sp³-hybridized carbons (Fsp3) is 0.333. The van der Waals surface area contributed by atoms with Crippen molar-refractivity contribution in [2.75, 3.05) is 7.05 Å². The van der Waals surface area contributed by atoms with E-state index in [0.717, 1.165) is 0 Å². The molecule has 0 rings (SSSR count). The van der Waals surface area contributed by atoms with Gasteiger partial charge in [0.1, 0.15) is 6.34 Å². The van der Waals surface area contributed by atoms with E-state index in [2.05, 4.69) is 16.8 Å². The Bertz CT molecular complexity index is 126. The second-order valence-corrected chi connectivity index (χ2v) is 1.45. The van der Waals surface area contributed by atoms with Crippen LogP contribution >= 0.6 is 0 Å². The van der Waals surface area contributed by atoms with E-state index in [1.165, 1.54) is 0 Å². The van der Waals surface area contributed by atoms with Crippen molar-refractivity contribution in [2.45, 2.75) is 6.92 Å². The Labute approximate surface area is 55.4 Å². The molecule has 0 radical (unpaired) electrons. The lowest BCUT2D eigenvalue weighted by Crippen LogP contribution is -2.05. The van der Waals surface area contributed by atoms with Crippen LogP contribution in [-0.4, -0.2) is 24.5 Å². The predicted molar refractivity (Wildman–Crippen MR) is 40.6 cm³/mol. The summed E-state index contributed by atoms with van der Waals surface area (Å²) in [6.45, 7) is 5.33. The summed E-state index contributed by atoms with van der Waals surface area (Å²) in [6, 6.07) is 0. The van der Waals surface area contributed by atoms with Crippen LogP contribution in [0.1, 0.15) is 6.92 Å². The summed E-state index contributed by atoms with van der Waals surface area (Å²) in [4.78, 5) is 1.72. The molecule has 50 valence electrons. The highest BCUT2D eigenvalue weighted by Gasteiger charge is 1.75. The monoisotopic (exact) mass is 125 g/mol. The first kappa shape index (κ1) is 7.88. The smallest absolute Gasteiger partial charge is 0.117 e. The van der Waals surface area contributed by atoms with Crippen molar-refractivity contribution < 1.29 is 0 Å². The first-order valence-corrected chi connectivity index (χ1v) is 2.67. The van der Waals surface area contributed by atoms with Gasteiger partial charge in [-0.25, -0.2) is 0 Å². The van der Waals surface area contributed by atoms with Crippen LogP contribution in [0.15, 0.2) is 23.0 Å². The minimum atomic E-state index is 1.58. The highest BCUT2D eigenvalue weighted by molar-refractivity contribution is 5.58. The highest BCUT2D eigenvalue weighted by atomic mass is 15.3. The van der Waals surface area contributed by atoms with Gasteiger partial charge in [0, 0.05) is 13.3 Å². The molecule has 0 N–H and O–H groups in total. The van der Waals surface area contributed by atoms with E-state index in [0.29, 0.717) is 0 Å². The summed E-state index contributed by atoms with van der Waals surface area (Å²) in [5, 5.41) is 7.27. The van der Waals surface area contributed by atoms with Crippen LogP contribution in [0.25, 0.3) is 0 Å². The first-order valence-electron chi connectivity index (χ1n) is 2.67. The van der Waals surface area contributed by atoms with Crippen molar-refractivity contribution in [3.05, 3.63) is 12.8 Å². The maximum atomic E-state index is 3.66. The maximum Gasteiger partial charge on any atom is 0.117 e. The van der Waals surface area contributed by atoms with Crippen LogP contribution in [-0.2, 0) is 0 Å². The Morgan fingerprint density at radius 1 is 1.44 bits per heavy atom. The van der Waals surface area contributed by atoms with Crippen LogP contribution in [0.3, 0.4) is 0 Å². The standard InChI is InChI=1S/C6H11N3/c1-4-7-8-6-9(3)5-2/h4-6H,2H2,1,3H3/b7-4+,8-6-. The molecule has 0 aromatic rings. The van der Waals surface area contributed by atoms with Crippen molar-refractivity contribution >= 4 is 12.6 Å². The van der Waals surface area contributed by atoms with Crippen molar-refractivity contribution in [3.8, 4) is 0 Å². The molecule has 3 nitrogen and oxygen atoms in total. The van der Waals surface area contributed by atoms with Crippen LogP contribution < -0.4 is 0 Å². The third-order valence-corrected chi connectivity index (χ3v) is 0.704. The van der Waals surface area contributed by atoms with Gasteiger partial charge in [0.2, 0.25) is 0 Å². The van der Waals surface area contributed by atoms with Crippen molar-refractivity contribution in [1.82, 2.24) is 4.90 Å². The molecule has 3 heteroatoms. The second-order valence-electron chi connectivity index (χ2n) is 1.45. The molecule has 0 saturated carbocycles. The van der Waals surface area contributed by atoms with Gasteiger partial charge in [-0.1, -0.05) is 6.58 Å². The fourth-order valence-corrected chi connectivity index (χ4v) is 0.225. The van der Waals surface area contributed by atoms with Crippen molar-refractivity contribution in [3.63, 3.8) is 0 Å². The summed E-state index contributed by atoms with van der Waals surface area (Å²) < 4.78 is 0. The average Bonchev–Trinajstić information content (AvgIpc) is 1.89.